The predicted octanol–water partition coefficient (Wildman–Crippen LogP) is 19.2. The van der Waals surface area contributed by atoms with Crippen molar-refractivity contribution in [2.75, 3.05) is 39.6 Å². The van der Waals surface area contributed by atoms with Crippen molar-refractivity contribution in [2.24, 2.45) is 11.8 Å². The van der Waals surface area contributed by atoms with E-state index in [1.807, 2.05) is 0 Å². The molecule has 3 N–H and O–H groups in total. The zero-order chi connectivity index (χ0) is 64.3. The van der Waals surface area contributed by atoms with Crippen molar-refractivity contribution in [3.05, 3.63) is 0 Å². The van der Waals surface area contributed by atoms with E-state index in [2.05, 4.69) is 41.5 Å². The normalized spacial score (nSPS) is 14.5. The molecule has 0 fully saturated rings. The number of aliphatic hydroxyl groups excluding tert-OH is 1. The van der Waals surface area contributed by atoms with Gasteiger partial charge in [-0.25, -0.2) is 9.13 Å². The van der Waals surface area contributed by atoms with Gasteiger partial charge in [-0.2, -0.15) is 0 Å². The molecule has 0 aliphatic carbocycles. The minimum absolute atomic E-state index is 0.102. The first kappa shape index (κ1) is 85.1. The molecule has 6 atom stereocenters. The zero-order valence-corrected chi connectivity index (χ0v) is 58.1. The second kappa shape index (κ2) is 60.3. The van der Waals surface area contributed by atoms with Crippen LogP contribution in [0.3, 0.4) is 0 Å². The van der Waals surface area contributed by atoms with Gasteiger partial charge in [-0.3, -0.25) is 37.3 Å². The zero-order valence-electron chi connectivity index (χ0n) is 56.3. The Hall–Kier alpha value is -1.94. The fraction of sp³-hybridized carbons (Fsp3) is 0.941. The molecular weight excluding hydrogens is 1150 g/mol. The van der Waals surface area contributed by atoms with E-state index in [9.17, 15) is 43.2 Å². The number of ether oxygens (including phenoxy) is 4. The number of hydrogen-bond donors (Lipinski definition) is 3. The van der Waals surface area contributed by atoms with E-state index in [0.717, 1.165) is 109 Å². The summed E-state index contributed by atoms with van der Waals surface area (Å²) < 4.78 is 67.9. The lowest BCUT2D eigenvalue weighted by molar-refractivity contribution is -0.161. The molecule has 0 spiro atoms. The van der Waals surface area contributed by atoms with Gasteiger partial charge in [-0.15, -0.1) is 0 Å². The second-order valence-corrected chi connectivity index (χ2v) is 28.2. The summed E-state index contributed by atoms with van der Waals surface area (Å²) in [5.74, 6) is -0.720. The molecular formula is C68H132O17P2. The van der Waals surface area contributed by atoms with Gasteiger partial charge in [0.1, 0.15) is 19.3 Å². The Bertz CT molecular complexity index is 1700. The lowest BCUT2D eigenvalue weighted by Gasteiger charge is -2.21. The third-order valence-electron chi connectivity index (χ3n) is 16.1. The number of carbonyl (C=O) groups excluding carboxylic acids is 4. The molecule has 3 unspecified atom stereocenters. The molecule has 0 aliphatic rings. The van der Waals surface area contributed by atoms with Gasteiger partial charge < -0.3 is 33.8 Å². The van der Waals surface area contributed by atoms with E-state index >= 15 is 0 Å². The largest absolute Gasteiger partial charge is 0.472 e. The Kier molecular flexibility index (Phi) is 59.0. The van der Waals surface area contributed by atoms with Crippen LogP contribution in [-0.4, -0.2) is 96.7 Å². The van der Waals surface area contributed by atoms with Crippen LogP contribution < -0.4 is 0 Å². The van der Waals surface area contributed by atoms with Crippen molar-refractivity contribution >= 4 is 39.5 Å². The highest BCUT2D eigenvalue weighted by molar-refractivity contribution is 7.47. The fourth-order valence-electron chi connectivity index (χ4n) is 10.2. The molecule has 0 rings (SSSR count). The van der Waals surface area contributed by atoms with Crippen molar-refractivity contribution in [2.45, 2.75) is 362 Å². The van der Waals surface area contributed by atoms with Gasteiger partial charge in [0.15, 0.2) is 12.2 Å². The fourth-order valence-corrected chi connectivity index (χ4v) is 11.8. The van der Waals surface area contributed by atoms with Crippen LogP contribution in [0.2, 0.25) is 0 Å². The molecule has 87 heavy (non-hydrogen) atoms. The quantitative estimate of drug-likeness (QED) is 0.0222. The molecule has 0 radical (unpaired) electrons. The number of esters is 4. The number of unbranched alkanes of at least 4 members (excludes halogenated alkanes) is 36. The third-order valence-corrected chi connectivity index (χ3v) is 18.0. The average molecular weight is 1280 g/mol. The van der Waals surface area contributed by atoms with E-state index in [1.54, 1.807) is 0 Å². The van der Waals surface area contributed by atoms with Crippen molar-refractivity contribution < 1.29 is 80.2 Å². The summed E-state index contributed by atoms with van der Waals surface area (Å²) in [5, 5.41) is 10.5. The lowest BCUT2D eigenvalue weighted by Crippen LogP contribution is -2.30. The summed E-state index contributed by atoms with van der Waals surface area (Å²) in [6.07, 6.45) is 45.3. The Morgan fingerprint density at radius 1 is 0.333 bits per heavy atom. The highest BCUT2D eigenvalue weighted by Crippen LogP contribution is 2.45. The second-order valence-electron chi connectivity index (χ2n) is 25.3. The minimum Gasteiger partial charge on any atom is -0.462 e. The van der Waals surface area contributed by atoms with Gasteiger partial charge in [-0.1, -0.05) is 292 Å². The predicted molar refractivity (Wildman–Crippen MR) is 349 cm³/mol. The number of hydrogen-bond acceptors (Lipinski definition) is 15. The van der Waals surface area contributed by atoms with Crippen LogP contribution in [0.1, 0.15) is 343 Å². The monoisotopic (exact) mass is 1280 g/mol. The van der Waals surface area contributed by atoms with Gasteiger partial charge in [0.25, 0.3) is 0 Å². The molecule has 0 aromatic heterocycles. The number of aliphatic hydroxyl groups is 1. The Morgan fingerprint density at radius 3 is 0.874 bits per heavy atom. The molecule has 516 valence electrons. The van der Waals surface area contributed by atoms with Crippen LogP contribution >= 0.6 is 15.6 Å². The van der Waals surface area contributed by atoms with E-state index in [1.165, 1.54) is 148 Å². The summed E-state index contributed by atoms with van der Waals surface area (Å²) in [6.45, 7) is 9.32. The Labute approximate surface area is 530 Å². The van der Waals surface area contributed by atoms with E-state index in [4.69, 9.17) is 37.0 Å². The molecule has 19 heteroatoms. The first-order valence-corrected chi connectivity index (χ1v) is 38.5. The molecule has 0 amide bonds. The summed E-state index contributed by atoms with van der Waals surface area (Å²) in [4.78, 5) is 72.0. The smallest absolute Gasteiger partial charge is 0.462 e. The van der Waals surface area contributed by atoms with Crippen LogP contribution in [0, 0.1) is 11.8 Å². The maximum absolute atomic E-state index is 13.0. The van der Waals surface area contributed by atoms with Crippen molar-refractivity contribution in [1.82, 2.24) is 0 Å². The highest BCUT2D eigenvalue weighted by atomic mass is 31.2. The Morgan fingerprint density at radius 2 is 0.586 bits per heavy atom. The molecule has 0 aromatic carbocycles. The first-order chi connectivity index (χ1) is 41.9. The molecule has 0 aromatic rings. The number of phosphoric acid groups is 2. The topological polar surface area (TPSA) is 237 Å². The Balaban J connectivity index is 5.06. The van der Waals surface area contributed by atoms with Gasteiger partial charge >= 0.3 is 39.5 Å². The number of carbonyl (C=O) groups is 4. The summed E-state index contributed by atoms with van der Waals surface area (Å²) in [5.41, 5.74) is 0. The van der Waals surface area contributed by atoms with Gasteiger partial charge in [-0.05, 0) is 37.5 Å². The molecule has 0 saturated carbocycles. The van der Waals surface area contributed by atoms with Crippen LogP contribution in [0.5, 0.6) is 0 Å². The average Bonchev–Trinajstić information content (AvgIpc) is 3.70. The minimum atomic E-state index is -4.95. The molecule has 0 bridgehead atoms. The maximum atomic E-state index is 13.0. The third kappa shape index (κ3) is 61.3. The van der Waals surface area contributed by atoms with Crippen LogP contribution in [0.25, 0.3) is 0 Å². The van der Waals surface area contributed by atoms with Gasteiger partial charge in [0.05, 0.1) is 26.4 Å². The lowest BCUT2D eigenvalue weighted by atomic mass is 10.00. The SMILES string of the molecule is CCCCCCCCCCCCCCCCCCCCCCCCC(=O)O[C@H](COC(=O)CCCCCCCCCC(C)C)COP(=O)(O)OC[C@@H](O)COP(=O)(O)OC[C@@H](COC(=O)CCCCCCC)OC(=O)CCCCCCCCC(C)CC. The van der Waals surface area contributed by atoms with Crippen molar-refractivity contribution in [3.8, 4) is 0 Å². The van der Waals surface area contributed by atoms with Crippen molar-refractivity contribution in [3.63, 3.8) is 0 Å². The summed E-state index contributed by atoms with van der Waals surface area (Å²) in [7, 11) is -9.88. The molecule has 0 heterocycles. The standard InChI is InChI=1S/C68H132O17P2/c1-7-10-12-14-15-16-17-18-19-20-21-22-23-24-25-26-27-28-29-32-40-46-52-67(72)84-64(57-79-66(71)51-45-39-33-30-31-37-42-48-60(4)5)59-83-87(76,77)81-55-62(69)54-80-86(74,75)82-58-63(56-78-65(70)50-44-36-13-11-8-2)85-68(73)53-47-41-35-34-38-43-49-61(6)9-3/h60-64,69H,7-59H2,1-6H3,(H,74,75)(H,76,77)/t61?,62-,63+,64+/m0/s1. The van der Waals surface area contributed by atoms with Crippen LogP contribution in [0.4, 0.5) is 0 Å². The van der Waals surface area contributed by atoms with Gasteiger partial charge in [0, 0.05) is 25.7 Å². The maximum Gasteiger partial charge on any atom is 0.472 e. The number of phosphoric ester groups is 2. The highest BCUT2D eigenvalue weighted by Gasteiger charge is 2.30. The van der Waals surface area contributed by atoms with E-state index in [-0.39, 0.29) is 25.7 Å². The molecule has 0 aliphatic heterocycles. The van der Waals surface area contributed by atoms with Crippen molar-refractivity contribution in [1.29, 1.82) is 0 Å². The summed E-state index contributed by atoms with van der Waals surface area (Å²) in [6, 6.07) is 0. The molecule has 0 saturated heterocycles. The van der Waals surface area contributed by atoms with Crippen LogP contribution in [0.15, 0.2) is 0 Å². The van der Waals surface area contributed by atoms with Crippen LogP contribution in [-0.2, 0) is 65.4 Å². The van der Waals surface area contributed by atoms with Gasteiger partial charge in [0.2, 0.25) is 0 Å². The summed E-state index contributed by atoms with van der Waals surface area (Å²) >= 11 is 0. The van der Waals surface area contributed by atoms with E-state index in [0.29, 0.717) is 31.6 Å². The molecule has 17 nitrogen and oxygen atoms in total. The number of rotatable bonds is 67. The first-order valence-electron chi connectivity index (χ1n) is 35.5. The van der Waals surface area contributed by atoms with E-state index < -0.39 is 97.5 Å².